The van der Waals surface area contributed by atoms with E-state index in [1.807, 2.05) is 0 Å². The van der Waals surface area contributed by atoms with Crippen molar-refractivity contribution in [2.24, 2.45) is 5.41 Å². The molecule has 0 saturated carbocycles. The number of carboxylic acids is 1. The summed E-state index contributed by atoms with van der Waals surface area (Å²) in [5.74, 6) is -1.39. The lowest BCUT2D eigenvalue weighted by molar-refractivity contribution is -0.147. The third kappa shape index (κ3) is 2.95. The monoisotopic (exact) mass is 242 g/mol. The van der Waals surface area contributed by atoms with Crippen LogP contribution in [0.4, 0.5) is 0 Å². The molecule has 2 atom stereocenters. The number of hydrogen-bond acceptors (Lipinski definition) is 3. The molecule has 1 rings (SSSR count). The van der Waals surface area contributed by atoms with Crippen molar-refractivity contribution in [1.82, 2.24) is 10.2 Å². The third-order valence-electron chi connectivity index (χ3n) is 3.09. The molecule has 1 heterocycles. The van der Waals surface area contributed by atoms with Crippen LogP contribution in [0.25, 0.3) is 0 Å². The molecule has 0 aromatic rings. The van der Waals surface area contributed by atoms with Gasteiger partial charge in [0.05, 0.1) is 5.41 Å². The Kier molecular flexibility index (Phi) is 3.75. The molecular formula is C11H18N2O4. The molecular weight excluding hydrogens is 224 g/mol. The number of amides is 2. The van der Waals surface area contributed by atoms with Crippen LogP contribution in [0.15, 0.2) is 0 Å². The predicted molar refractivity (Wildman–Crippen MR) is 60.2 cm³/mol. The van der Waals surface area contributed by atoms with Crippen molar-refractivity contribution in [3.63, 3.8) is 0 Å². The molecule has 96 valence electrons. The number of carbonyl (C=O) groups excluding carboxylic acids is 2. The minimum absolute atomic E-state index is 0.199. The van der Waals surface area contributed by atoms with Crippen molar-refractivity contribution in [3.05, 3.63) is 0 Å². The quantitative estimate of drug-likeness (QED) is 0.719. The van der Waals surface area contributed by atoms with Crippen LogP contribution in [0, 0.1) is 5.41 Å². The SMILES string of the molecule is CC(=O)N[C@@H](C)C(=O)N1CC[C@](C)(C(=O)O)C1. The molecule has 6 heteroatoms. The number of nitrogens with zero attached hydrogens (tertiary/aromatic N) is 1. The number of carboxylic acid groups (broad SMARTS) is 1. The van der Waals surface area contributed by atoms with E-state index in [1.54, 1.807) is 13.8 Å². The zero-order valence-corrected chi connectivity index (χ0v) is 10.3. The number of aliphatic carboxylic acids is 1. The predicted octanol–water partition coefficient (Wildman–Crippen LogP) is -0.166. The van der Waals surface area contributed by atoms with Gasteiger partial charge in [0.25, 0.3) is 0 Å². The summed E-state index contributed by atoms with van der Waals surface area (Å²) in [7, 11) is 0. The van der Waals surface area contributed by atoms with Gasteiger partial charge in [0.1, 0.15) is 6.04 Å². The van der Waals surface area contributed by atoms with Crippen molar-refractivity contribution < 1.29 is 19.5 Å². The van der Waals surface area contributed by atoms with Crippen LogP contribution in [0.1, 0.15) is 27.2 Å². The Labute approximate surface area is 100.0 Å². The highest BCUT2D eigenvalue weighted by Crippen LogP contribution is 2.30. The lowest BCUT2D eigenvalue weighted by Gasteiger charge is -2.23. The molecule has 2 N–H and O–H groups in total. The molecule has 0 aromatic heterocycles. The van der Waals surface area contributed by atoms with Gasteiger partial charge in [-0.15, -0.1) is 0 Å². The first-order chi connectivity index (χ1) is 7.76. The van der Waals surface area contributed by atoms with Gasteiger partial charge in [-0.1, -0.05) is 0 Å². The summed E-state index contributed by atoms with van der Waals surface area (Å²) in [6, 6.07) is -0.608. The van der Waals surface area contributed by atoms with Crippen LogP contribution >= 0.6 is 0 Å². The average molecular weight is 242 g/mol. The fourth-order valence-electron chi connectivity index (χ4n) is 1.96. The number of hydrogen-bond donors (Lipinski definition) is 2. The van der Waals surface area contributed by atoms with Crippen molar-refractivity contribution in [2.75, 3.05) is 13.1 Å². The van der Waals surface area contributed by atoms with Gasteiger partial charge in [0, 0.05) is 20.0 Å². The minimum Gasteiger partial charge on any atom is -0.481 e. The summed E-state index contributed by atoms with van der Waals surface area (Å²) in [6.07, 6.45) is 0.445. The van der Waals surface area contributed by atoms with Gasteiger partial charge in [-0.3, -0.25) is 14.4 Å². The third-order valence-corrected chi connectivity index (χ3v) is 3.09. The maximum absolute atomic E-state index is 11.9. The second kappa shape index (κ2) is 4.73. The Bertz CT molecular complexity index is 355. The van der Waals surface area contributed by atoms with E-state index >= 15 is 0 Å². The van der Waals surface area contributed by atoms with E-state index in [9.17, 15) is 14.4 Å². The van der Waals surface area contributed by atoms with Crippen LogP contribution in [-0.2, 0) is 14.4 Å². The second-order valence-corrected chi connectivity index (χ2v) is 4.80. The number of likely N-dealkylation sites (tertiary alicyclic amines) is 1. The van der Waals surface area contributed by atoms with Gasteiger partial charge < -0.3 is 15.3 Å². The van der Waals surface area contributed by atoms with Crippen molar-refractivity contribution in [2.45, 2.75) is 33.2 Å². The maximum atomic E-state index is 11.9. The number of nitrogens with one attached hydrogen (secondary N) is 1. The topological polar surface area (TPSA) is 86.7 Å². The van der Waals surface area contributed by atoms with Crippen LogP contribution < -0.4 is 5.32 Å². The molecule has 0 radical (unpaired) electrons. The van der Waals surface area contributed by atoms with Gasteiger partial charge in [0.2, 0.25) is 11.8 Å². The molecule has 1 fully saturated rings. The Morgan fingerprint density at radius 2 is 2.00 bits per heavy atom. The lowest BCUT2D eigenvalue weighted by atomic mass is 9.90. The van der Waals surface area contributed by atoms with E-state index in [4.69, 9.17) is 5.11 Å². The molecule has 0 aliphatic carbocycles. The van der Waals surface area contributed by atoms with E-state index in [0.717, 1.165) is 0 Å². The molecule has 0 unspecified atom stereocenters. The van der Waals surface area contributed by atoms with Crippen LogP contribution in [0.3, 0.4) is 0 Å². The molecule has 0 spiro atoms. The molecule has 17 heavy (non-hydrogen) atoms. The first-order valence-corrected chi connectivity index (χ1v) is 5.55. The van der Waals surface area contributed by atoms with Gasteiger partial charge in [-0.05, 0) is 20.3 Å². The molecule has 6 nitrogen and oxygen atoms in total. The molecule has 2 amide bonds. The Hall–Kier alpha value is -1.59. The van der Waals surface area contributed by atoms with Crippen molar-refractivity contribution in [3.8, 4) is 0 Å². The smallest absolute Gasteiger partial charge is 0.311 e. The average Bonchev–Trinajstić information content (AvgIpc) is 2.60. The zero-order chi connectivity index (χ0) is 13.2. The fraction of sp³-hybridized carbons (Fsp3) is 0.727. The highest BCUT2D eigenvalue weighted by atomic mass is 16.4. The van der Waals surface area contributed by atoms with E-state index in [1.165, 1.54) is 11.8 Å². The molecule has 0 bridgehead atoms. The number of rotatable bonds is 3. The summed E-state index contributed by atoms with van der Waals surface area (Å²) in [5, 5.41) is 11.5. The first-order valence-electron chi connectivity index (χ1n) is 5.55. The molecule has 1 aliphatic heterocycles. The van der Waals surface area contributed by atoms with Crippen LogP contribution in [0.5, 0.6) is 0 Å². The van der Waals surface area contributed by atoms with E-state index < -0.39 is 17.4 Å². The summed E-state index contributed by atoms with van der Waals surface area (Å²) >= 11 is 0. The lowest BCUT2D eigenvalue weighted by Crippen LogP contribution is -2.46. The standard InChI is InChI=1S/C11H18N2O4/c1-7(12-8(2)14)9(15)13-5-4-11(3,6-13)10(16)17/h7H,4-6H2,1-3H3,(H,12,14)(H,16,17)/t7-,11-/m0/s1. The van der Waals surface area contributed by atoms with Gasteiger partial charge in [-0.2, -0.15) is 0 Å². The fourth-order valence-corrected chi connectivity index (χ4v) is 1.96. The number of carbonyl (C=O) groups is 3. The normalized spacial score (nSPS) is 25.5. The Morgan fingerprint density at radius 1 is 1.41 bits per heavy atom. The largest absolute Gasteiger partial charge is 0.481 e. The van der Waals surface area contributed by atoms with Crippen molar-refractivity contribution in [1.29, 1.82) is 0 Å². The summed E-state index contributed by atoms with van der Waals surface area (Å²) in [4.78, 5) is 35.3. The van der Waals surface area contributed by atoms with Crippen LogP contribution in [0.2, 0.25) is 0 Å². The minimum atomic E-state index is -0.889. The highest BCUT2D eigenvalue weighted by molar-refractivity contribution is 5.87. The maximum Gasteiger partial charge on any atom is 0.311 e. The van der Waals surface area contributed by atoms with Gasteiger partial charge in [-0.25, -0.2) is 0 Å². The molecule has 1 aliphatic rings. The second-order valence-electron chi connectivity index (χ2n) is 4.80. The molecule has 0 aromatic carbocycles. The Morgan fingerprint density at radius 3 is 2.41 bits per heavy atom. The van der Waals surface area contributed by atoms with Crippen molar-refractivity contribution >= 4 is 17.8 Å². The van der Waals surface area contributed by atoms with Crippen LogP contribution in [-0.4, -0.2) is 46.9 Å². The summed E-state index contributed by atoms with van der Waals surface area (Å²) in [5.41, 5.74) is -0.869. The Balaban J connectivity index is 2.62. The van der Waals surface area contributed by atoms with E-state index in [2.05, 4.69) is 5.32 Å². The summed E-state index contributed by atoms with van der Waals surface area (Å²) in [6.45, 7) is 5.19. The van der Waals surface area contributed by atoms with Gasteiger partial charge >= 0.3 is 5.97 Å². The highest BCUT2D eigenvalue weighted by Gasteiger charge is 2.42. The van der Waals surface area contributed by atoms with E-state index in [-0.39, 0.29) is 18.4 Å². The summed E-state index contributed by atoms with van der Waals surface area (Å²) < 4.78 is 0. The van der Waals surface area contributed by atoms with Gasteiger partial charge in [0.15, 0.2) is 0 Å². The van der Waals surface area contributed by atoms with E-state index in [0.29, 0.717) is 13.0 Å². The first kappa shape index (κ1) is 13.5. The zero-order valence-electron chi connectivity index (χ0n) is 10.3. The molecule has 1 saturated heterocycles.